The Balaban J connectivity index is 1.59. The average Bonchev–Trinajstić information content (AvgIpc) is 3.34. The number of anilines is 1. The number of rotatable bonds is 2. The van der Waals surface area contributed by atoms with E-state index in [1.165, 1.54) is 17.7 Å². The zero-order valence-electron chi connectivity index (χ0n) is 15.2. The Morgan fingerprint density at radius 2 is 1.89 bits per heavy atom. The predicted octanol–water partition coefficient (Wildman–Crippen LogP) is 4.09. The molecule has 3 aromatic rings. The number of hydrogen-bond acceptors (Lipinski definition) is 2. The van der Waals surface area contributed by atoms with Crippen LogP contribution in [0.4, 0.5) is 10.1 Å². The standard InChI is InChI=1S/C22H20FN3O/c1-14-13-15-5-2-3-7-19(15)25(14)22(27)21-18-6-4-8-20(18)26(24-21)17-11-9-16(23)10-12-17/h2-3,5,7,9-12,14H,4,6,8,13H2,1H3. The second kappa shape index (κ2) is 6.05. The first kappa shape index (κ1) is 16.2. The minimum Gasteiger partial charge on any atom is -0.304 e. The van der Waals surface area contributed by atoms with Gasteiger partial charge in [0.2, 0.25) is 0 Å². The van der Waals surface area contributed by atoms with Crippen molar-refractivity contribution in [2.75, 3.05) is 4.90 Å². The van der Waals surface area contributed by atoms with Crippen molar-refractivity contribution >= 4 is 11.6 Å². The van der Waals surface area contributed by atoms with Crippen LogP contribution in [0.15, 0.2) is 48.5 Å². The van der Waals surface area contributed by atoms with Crippen LogP contribution in [-0.4, -0.2) is 21.7 Å². The van der Waals surface area contributed by atoms with Gasteiger partial charge in [-0.15, -0.1) is 0 Å². The summed E-state index contributed by atoms with van der Waals surface area (Å²) in [4.78, 5) is 15.3. The molecule has 1 aliphatic heterocycles. The fraction of sp³-hybridized carbons (Fsp3) is 0.273. The van der Waals surface area contributed by atoms with Crippen molar-refractivity contribution in [3.8, 4) is 5.69 Å². The minimum absolute atomic E-state index is 0.0357. The van der Waals surface area contributed by atoms with Gasteiger partial charge in [-0.2, -0.15) is 5.10 Å². The molecular formula is C22H20FN3O. The number of nitrogens with zero attached hydrogens (tertiary/aromatic N) is 3. The quantitative estimate of drug-likeness (QED) is 0.689. The molecule has 0 radical (unpaired) electrons. The van der Waals surface area contributed by atoms with Gasteiger partial charge in [0.25, 0.3) is 5.91 Å². The van der Waals surface area contributed by atoms with Crippen molar-refractivity contribution in [3.63, 3.8) is 0 Å². The summed E-state index contributed by atoms with van der Waals surface area (Å²) in [5.74, 6) is -0.312. The maximum atomic E-state index is 13.5. The summed E-state index contributed by atoms with van der Waals surface area (Å²) in [5, 5.41) is 4.69. The van der Waals surface area contributed by atoms with Gasteiger partial charge in [-0.3, -0.25) is 4.79 Å². The van der Waals surface area contributed by atoms with E-state index in [1.807, 2.05) is 27.8 Å². The molecule has 27 heavy (non-hydrogen) atoms. The summed E-state index contributed by atoms with van der Waals surface area (Å²) in [7, 11) is 0. The van der Waals surface area contributed by atoms with Gasteiger partial charge in [-0.1, -0.05) is 18.2 Å². The van der Waals surface area contributed by atoms with Crippen molar-refractivity contribution in [2.45, 2.75) is 38.6 Å². The van der Waals surface area contributed by atoms with Gasteiger partial charge in [0.15, 0.2) is 5.69 Å². The van der Waals surface area contributed by atoms with Crippen LogP contribution in [0, 0.1) is 5.82 Å². The molecule has 0 fully saturated rings. The van der Waals surface area contributed by atoms with Crippen LogP contribution in [0.1, 0.15) is 40.7 Å². The van der Waals surface area contributed by atoms with Crippen LogP contribution in [0.2, 0.25) is 0 Å². The first-order valence-corrected chi connectivity index (χ1v) is 9.41. The minimum atomic E-state index is -0.277. The maximum Gasteiger partial charge on any atom is 0.279 e. The van der Waals surface area contributed by atoms with Crippen molar-refractivity contribution in [1.82, 2.24) is 9.78 Å². The third-order valence-electron chi connectivity index (χ3n) is 5.63. The highest BCUT2D eigenvalue weighted by Crippen LogP contribution is 2.35. The number of fused-ring (bicyclic) bond motifs is 2. The van der Waals surface area contributed by atoms with E-state index in [9.17, 15) is 9.18 Å². The molecule has 0 saturated heterocycles. The Morgan fingerprint density at radius 3 is 2.70 bits per heavy atom. The molecule has 1 unspecified atom stereocenters. The van der Waals surface area contributed by atoms with Crippen molar-refractivity contribution in [2.24, 2.45) is 0 Å². The van der Waals surface area contributed by atoms with Crippen molar-refractivity contribution < 1.29 is 9.18 Å². The van der Waals surface area contributed by atoms with Gasteiger partial charge in [-0.25, -0.2) is 9.07 Å². The van der Waals surface area contributed by atoms with Crippen molar-refractivity contribution in [3.05, 3.63) is 76.9 Å². The molecule has 1 atom stereocenters. The maximum absolute atomic E-state index is 13.5. The number of carbonyl (C=O) groups excluding carboxylic acids is 1. The number of aromatic nitrogens is 2. The molecular weight excluding hydrogens is 341 g/mol. The summed E-state index contributed by atoms with van der Waals surface area (Å²) >= 11 is 0. The zero-order chi connectivity index (χ0) is 18.5. The SMILES string of the molecule is CC1Cc2ccccc2N1C(=O)c1nn(-c2ccc(F)cc2)c2c1CCC2. The number of carbonyl (C=O) groups is 1. The second-order valence-corrected chi connectivity index (χ2v) is 7.37. The lowest BCUT2D eigenvalue weighted by atomic mass is 10.1. The molecule has 2 heterocycles. The molecule has 0 spiro atoms. The molecule has 0 N–H and O–H groups in total. The van der Waals surface area contributed by atoms with Gasteiger partial charge in [0.05, 0.1) is 5.69 Å². The van der Waals surface area contributed by atoms with E-state index in [2.05, 4.69) is 18.1 Å². The first-order valence-electron chi connectivity index (χ1n) is 9.41. The average molecular weight is 361 g/mol. The van der Waals surface area contributed by atoms with Crippen LogP contribution in [0.25, 0.3) is 5.69 Å². The Bertz CT molecular complexity index is 1040. The topological polar surface area (TPSA) is 38.1 Å². The largest absolute Gasteiger partial charge is 0.304 e. The molecule has 2 aromatic carbocycles. The van der Waals surface area contributed by atoms with Gasteiger partial charge in [0, 0.05) is 23.0 Å². The van der Waals surface area contributed by atoms with Gasteiger partial charge < -0.3 is 4.90 Å². The fourth-order valence-electron chi connectivity index (χ4n) is 4.39. The van der Waals surface area contributed by atoms with Crippen LogP contribution < -0.4 is 4.90 Å². The third-order valence-corrected chi connectivity index (χ3v) is 5.63. The molecule has 136 valence electrons. The van der Waals surface area contributed by atoms with Crippen LogP contribution in [0.5, 0.6) is 0 Å². The molecule has 5 heteroatoms. The molecule has 5 rings (SSSR count). The second-order valence-electron chi connectivity index (χ2n) is 7.37. The summed E-state index contributed by atoms with van der Waals surface area (Å²) in [6, 6.07) is 14.5. The molecule has 0 bridgehead atoms. The van der Waals surface area contributed by atoms with E-state index in [0.717, 1.165) is 48.3 Å². The molecule has 1 amide bonds. The van der Waals surface area contributed by atoms with Crippen LogP contribution in [0.3, 0.4) is 0 Å². The van der Waals surface area contributed by atoms with E-state index in [0.29, 0.717) is 5.69 Å². The normalized spacial score (nSPS) is 17.9. The van der Waals surface area contributed by atoms with Crippen LogP contribution >= 0.6 is 0 Å². The number of halogens is 1. The van der Waals surface area contributed by atoms with Crippen LogP contribution in [-0.2, 0) is 19.3 Å². The predicted molar refractivity (Wildman–Crippen MR) is 102 cm³/mol. The van der Waals surface area contributed by atoms with E-state index < -0.39 is 0 Å². The Morgan fingerprint density at radius 1 is 1.11 bits per heavy atom. The van der Waals surface area contributed by atoms with E-state index in [4.69, 9.17) is 0 Å². The van der Waals surface area contributed by atoms with E-state index in [-0.39, 0.29) is 17.8 Å². The lowest BCUT2D eigenvalue weighted by Crippen LogP contribution is -2.36. The zero-order valence-corrected chi connectivity index (χ0v) is 15.2. The smallest absolute Gasteiger partial charge is 0.279 e. The van der Waals surface area contributed by atoms with E-state index >= 15 is 0 Å². The first-order chi connectivity index (χ1) is 13.1. The van der Waals surface area contributed by atoms with E-state index in [1.54, 1.807) is 12.1 Å². The number of benzene rings is 2. The third kappa shape index (κ3) is 2.49. The van der Waals surface area contributed by atoms with Gasteiger partial charge in [-0.05, 0) is 68.5 Å². The number of para-hydroxylation sites is 1. The Kier molecular flexibility index (Phi) is 3.64. The molecule has 4 nitrogen and oxygen atoms in total. The molecule has 2 aliphatic rings. The summed E-state index contributed by atoms with van der Waals surface area (Å²) < 4.78 is 15.1. The number of amides is 1. The lowest BCUT2D eigenvalue weighted by Gasteiger charge is -2.22. The number of hydrogen-bond donors (Lipinski definition) is 0. The highest BCUT2D eigenvalue weighted by Gasteiger charge is 2.35. The lowest BCUT2D eigenvalue weighted by molar-refractivity contribution is 0.0975. The molecule has 1 aliphatic carbocycles. The fourth-order valence-corrected chi connectivity index (χ4v) is 4.39. The summed E-state index contributed by atoms with van der Waals surface area (Å²) in [5.41, 5.74) is 5.64. The van der Waals surface area contributed by atoms with Gasteiger partial charge >= 0.3 is 0 Å². The monoisotopic (exact) mass is 361 g/mol. The molecule has 1 aromatic heterocycles. The summed E-state index contributed by atoms with van der Waals surface area (Å²) in [6.07, 6.45) is 3.63. The highest BCUT2D eigenvalue weighted by molar-refractivity contribution is 6.07. The van der Waals surface area contributed by atoms with Gasteiger partial charge in [0.1, 0.15) is 5.82 Å². The Hall–Kier alpha value is -2.95. The van der Waals surface area contributed by atoms with Crippen molar-refractivity contribution in [1.29, 1.82) is 0 Å². The highest BCUT2D eigenvalue weighted by atomic mass is 19.1. The summed E-state index contributed by atoms with van der Waals surface area (Å²) in [6.45, 7) is 2.08. The Labute approximate surface area is 157 Å². The molecule has 0 saturated carbocycles.